The topological polar surface area (TPSA) is 25.8 Å². The van der Waals surface area contributed by atoms with Crippen LogP contribution in [0.4, 0.5) is 0 Å². The van der Waals surface area contributed by atoms with Crippen molar-refractivity contribution in [2.45, 2.75) is 54.4 Å². The summed E-state index contributed by atoms with van der Waals surface area (Å²) < 4.78 is 0. The fourth-order valence-corrected chi connectivity index (χ4v) is 6.37. The van der Waals surface area contributed by atoms with Gasteiger partial charge in [0.1, 0.15) is 0 Å². The Morgan fingerprint density at radius 1 is 0.583 bits per heavy atom. The standard InChI is InChI=1S/C32H36N2S2/c1-31(2,3)21-27-13-11-25(35-27)9-7-23-15-17-33-29(19-23)30-20-24(16-18-34-30)8-10-26-12-14-28(36-26)22-32(4,5)6/h7-20H,21-22H2,1-6H3. The van der Waals surface area contributed by atoms with E-state index in [2.05, 4.69) is 112 Å². The lowest BCUT2D eigenvalue weighted by Gasteiger charge is -2.16. The second kappa shape index (κ2) is 11.1. The van der Waals surface area contributed by atoms with E-state index in [0.29, 0.717) is 10.8 Å². The molecular formula is C32H36N2S2. The minimum atomic E-state index is 0.307. The molecule has 4 heterocycles. The van der Waals surface area contributed by atoms with Crippen molar-refractivity contribution in [3.8, 4) is 11.4 Å². The summed E-state index contributed by atoms with van der Waals surface area (Å²) >= 11 is 3.74. The maximum atomic E-state index is 4.59. The van der Waals surface area contributed by atoms with Gasteiger partial charge in [-0.3, -0.25) is 9.97 Å². The third-order valence-electron chi connectivity index (χ3n) is 5.48. The molecule has 186 valence electrons. The molecule has 0 unspecified atom stereocenters. The highest BCUT2D eigenvalue weighted by Gasteiger charge is 2.13. The van der Waals surface area contributed by atoms with Crippen LogP contribution in [0.3, 0.4) is 0 Å². The second-order valence-electron chi connectivity index (χ2n) is 11.7. The molecule has 0 bridgehead atoms. The van der Waals surface area contributed by atoms with Gasteiger partial charge in [0.05, 0.1) is 11.4 Å². The molecule has 2 nitrogen and oxygen atoms in total. The van der Waals surface area contributed by atoms with Gasteiger partial charge in [-0.1, -0.05) is 53.7 Å². The van der Waals surface area contributed by atoms with Crippen LogP contribution in [0.2, 0.25) is 0 Å². The van der Waals surface area contributed by atoms with E-state index >= 15 is 0 Å². The van der Waals surface area contributed by atoms with Gasteiger partial charge in [-0.05, 0) is 95.5 Å². The van der Waals surface area contributed by atoms with Crippen LogP contribution < -0.4 is 0 Å². The van der Waals surface area contributed by atoms with Gasteiger partial charge in [0.2, 0.25) is 0 Å². The predicted octanol–water partition coefficient (Wildman–Crippen LogP) is 9.78. The summed E-state index contributed by atoms with van der Waals surface area (Å²) in [4.78, 5) is 14.6. The van der Waals surface area contributed by atoms with Gasteiger partial charge in [0.25, 0.3) is 0 Å². The summed E-state index contributed by atoms with van der Waals surface area (Å²) in [6.45, 7) is 13.7. The number of hydrogen-bond acceptors (Lipinski definition) is 4. The van der Waals surface area contributed by atoms with Gasteiger partial charge >= 0.3 is 0 Å². The fraction of sp³-hybridized carbons (Fsp3) is 0.312. The van der Waals surface area contributed by atoms with Crippen molar-refractivity contribution in [2.75, 3.05) is 0 Å². The molecule has 0 aliphatic carbocycles. The van der Waals surface area contributed by atoms with Crippen molar-refractivity contribution < 1.29 is 0 Å². The summed E-state index contributed by atoms with van der Waals surface area (Å²) in [5.41, 5.74) is 4.63. The Morgan fingerprint density at radius 2 is 1.00 bits per heavy atom. The summed E-state index contributed by atoms with van der Waals surface area (Å²) in [6, 6.07) is 17.2. The highest BCUT2D eigenvalue weighted by Crippen LogP contribution is 2.28. The zero-order valence-electron chi connectivity index (χ0n) is 22.2. The number of pyridine rings is 2. The third kappa shape index (κ3) is 8.11. The monoisotopic (exact) mass is 512 g/mol. The molecule has 0 radical (unpaired) electrons. The van der Waals surface area contributed by atoms with Crippen LogP contribution in [0.25, 0.3) is 35.7 Å². The molecule has 0 aliphatic rings. The lowest BCUT2D eigenvalue weighted by molar-refractivity contribution is 0.414. The molecule has 0 saturated heterocycles. The van der Waals surface area contributed by atoms with E-state index in [1.54, 1.807) is 0 Å². The van der Waals surface area contributed by atoms with Crippen LogP contribution in [0, 0.1) is 10.8 Å². The van der Waals surface area contributed by atoms with E-state index in [4.69, 9.17) is 0 Å². The first-order chi connectivity index (χ1) is 17.0. The van der Waals surface area contributed by atoms with Gasteiger partial charge in [-0.25, -0.2) is 0 Å². The molecule has 0 spiro atoms. The number of nitrogens with zero attached hydrogens (tertiary/aromatic N) is 2. The Balaban J connectivity index is 1.46. The van der Waals surface area contributed by atoms with E-state index in [-0.39, 0.29) is 0 Å². The van der Waals surface area contributed by atoms with Crippen LogP contribution in [0.1, 0.15) is 72.2 Å². The third-order valence-corrected chi connectivity index (χ3v) is 7.59. The molecule has 0 fully saturated rings. The number of thiophene rings is 2. The maximum absolute atomic E-state index is 4.59. The molecule has 0 amide bonds. The molecule has 36 heavy (non-hydrogen) atoms. The molecule has 4 rings (SSSR count). The highest BCUT2D eigenvalue weighted by molar-refractivity contribution is 7.13. The molecule has 4 aromatic heterocycles. The van der Waals surface area contributed by atoms with E-state index in [1.807, 2.05) is 47.2 Å². The smallest absolute Gasteiger partial charge is 0.0892 e. The van der Waals surface area contributed by atoms with Crippen molar-refractivity contribution in [3.63, 3.8) is 0 Å². The predicted molar refractivity (Wildman–Crippen MR) is 160 cm³/mol. The fourth-order valence-electron chi connectivity index (χ4n) is 3.94. The first-order valence-electron chi connectivity index (χ1n) is 12.5. The molecule has 0 atom stereocenters. The van der Waals surface area contributed by atoms with Gasteiger partial charge in [-0.15, -0.1) is 22.7 Å². The van der Waals surface area contributed by atoms with E-state index in [9.17, 15) is 0 Å². The van der Waals surface area contributed by atoms with Gasteiger partial charge in [-0.2, -0.15) is 0 Å². The van der Waals surface area contributed by atoms with Gasteiger partial charge < -0.3 is 0 Å². The first-order valence-corrected chi connectivity index (χ1v) is 14.1. The van der Waals surface area contributed by atoms with Crippen LogP contribution in [-0.4, -0.2) is 9.97 Å². The minimum absolute atomic E-state index is 0.307. The molecule has 0 N–H and O–H groups in total. The van der Waals surface area contributed by atoms with Crippen molar-refractivity contribution in [3.05, 3.63) is 91.6 Å². The van der Waals surface area contributed by atoms with Crippen molar-refractivity contribution in [2.24, 2.45) is 10.8 Å². The Kier molecular flexibility index (Phi) is 8.07. The number of aromatic nitrogens is 2. The van der Waals surface area contributed by atoms with E-state index in [1.165, 1.54) is 19.5 Å². The second-order valence-corrected chi connectivity index (χ2v) is 14.1. The molecule has 0 aromatic carbocycles. The Labute approximate surface area is 224 Å². The van der Waals surface area contributed by atoms with Crippen LogP contribution >= 0.6 is 22.7 Å². The molecule has 4 heteroatoms. The summed E-state index contributed by atoms with van der Waals surface area (Å²) in [6.07, 6.45) is 14.6. The average molecular weight is 513 g/mol. The number of rotatable bonds is 7. The van der Waals surface area contributed by atoms with Crippen LogP contribution in [0.5, 0.6) is 0 Å². The zero-order valence-corrected chi connectivity index (χ0v) is 23.8. The van der Waals surface area contributed by atoms with Crippen molar-refractivity contribution >= 4 is 47.0 Å². The lowest BCUT2D eigenvalue weighted by Crippen LogP contribution is -2.07. The first kappa shape index (κ1) is 26.2. The summed E-state index contributed by atoms with van der Waals surface area (Å²) in [5.74, 6) is 0. The van der Waals surface area contributed by atoms with E-state index < -0.39 is 0 Å². The van der Waals surface area contributed by atoms with Crippen LogP contribution in [-0.2, 0) is 12.8 Å². The Bertz CT molecular complexity index is 1250. The zero-order chi connectivity index (χ0) is 25.8. The van der Waals surface area contributed by atoms with Gasteiger partial charge in [0, 0.05) is 31.9 Å². The minimum Gasteiger partial charge on any atom is -0.255 e. The van der Waals surface area contributed by atoms with E-state index in [0.717, 1.165) is 35.4 Å². The Morgan fingerprint density at radius 3 is 1.39 bits per heavy atom. The molecule has 0 aliphatic heterocycles. The average Bonchev–Trinajstić information content (AvgIpc) is 3.43. The molecular weight excluding hydrogens is 477 g/mol. The number of hydrogen-bond donors (Lipinski definition) is 0. The summed E-state index contributed by atoms with van der Waals surface area (Å²) in [7, 11) is 0. The summed E-state index contributed by atoms with van der Waals surface area (Å²) in [5, 5.41) is 0. The van der Waals surface area contributed by atoms with Crippen molar-refractivity contribution in [1.82, 2.24) is 9.97 Å². The highest BCUT2D eigenvalue weighted by atomic mass is 32.1. The Hall–Kier alpha value is -2.82. The SMILES string of the molecule is CC(C)(C)Cc1ccc(C=Cc2ccnc(-c3cc(C=Cc4ccc(CC(C)(C)C)s4)ccn3)c2)s1. The van der Waals surface area contributed by atoms with Crippen molar-refractivity contribution in [1.29, 1.82) is 0 Å². The van der Waals surface area contributed by atoms with Crippen LogP contribution in [0.15, 0.2) is 60.9 Å². The quantitative estimate of drug-likeness (QED) is 0.246. The lowest BCUT2D eigenvalue weighted by atomic mass is 9.92. The molecule has 0 saturated carbocycles. The van der Waals surface area contributed by atoms with Gasteiger partial charge in [0.15, 0.2) is 0 Å². The maximum Gasteiger partial charge on any atom is 0.0892 e. The largest absolute Gasteiger partial charge is 0.255 e. The molecule has 4 aromatic rings. The normalized spacial score (nSPS) is 12.7.